The molecule has 0 fully saturated rings. The number of nitrogens with one attached hydrogen (secondary N) is 1. The molecule has 4 heteroatoms. The first-order valence-corrected chi connectivity index (χ1v) is 6.04. The van der Waals surface area contributed by atoms with Crippen LogP contribution in [0.15, 0.2) is 22.7 Å². The molecule has 1 aromatic rings. The lowest BCUT2D eigenvalue weighted by atomic mass is 10.1. The van der Waals surface area contributed by atoms with Crippen LogP contribution in [0.3, 0.4) is 0 Å². The summed E-state index contributed by atoms with van der Waals surface area (Å²) in [5.74, 6) is 0.243. The molecule has 1 atom stereocenters. The van der Waals surface area contributed by atoms with E-state index in [0.29, 0.717) is 17.4 Å². The van der Waals surface area contributed by atoms with Gasteiger partial charge in [0.2, 0.25) is 0 Å². The summed E-state index contributed by atoms with van der Waals surface area (Å²) in [4.78, 5) is 0. The van der Waals surface area contributed by atoms with Crippen molar-refractivity contribution in [2.24, 2.45) is 0 Å². The Morgan fingerprint density at radius 2 is 2.31 bits per heavy atom. The number of nitriles is 1. The van der Waals surface area contributed by atoms with E-state index in [9.17, 15) is 5.11 Å². The Morgan fingerprint density at radius 3 is 2.88 bits per heavy atom. The van der Waals surface area contributed by atoms with Crippen LogP contribution in [-0.4, -0.2) is 11.1 Å². The fraction of sp³-hybridized carbons (Fsp3) is 0.417. The minimum atomic E-state index is 0.234. The van der Waals surface area contributed by atoms with Crippen molar-refractivity contribution in [3.63, 3.8) is 0 Å². The van der Waals surface area contributed by atoms with Crippen molar-refractivity contribution in [3.8, 4) is 11.8 Å². The smallest absolute Gasteiger partial charge is 0.129 e. The van der Waals surface area contributed by atoms with E-state index in [1.54, 1.807) is 6.07 Å². The molecule has 0 bridgehead atoms. The van der Waals surface area contributed by atoms with E-state index in [-0.39, 0.29) is 11.8 Å². The Morgan fingerprint density at radius 1 is 1.56 bits per heavy atom. The third-order valence-corrected chi connectivity index (χ3v) is 3.07. The summed E-state index contributed by atoms with van der Waals surface area (Å²) in [6, 6.07) is 7.80. The SMILES string of the molecule is CCC(CC#N)NCc1ccc(O)c(Br)c1. The summed E-state index contributed by atoms with van der Waals surface area (Å²) >= 11 is 3.27. The lowest BCUT2D eigenvalue weighted by molar-refractivity contribution is 0.470. The zero-order valence-corrected chi connectivity index (χ0v) is 10.8. The van der Waals surface area contributed by atoms with E-state index >= 15 is 0 Å². The van der Waals surface area contributed by atoms with E-state index in [1.807, 2.05) is 12.1 Å². The van der Waals surface area contributed by atoms with Gasteiger partial charge in [0.05, 0.1) is 17.0 Å². The fourth-order valence-electron chi connectivity index (χ4n) is 1.39. The molecule has 0 aliphatic heterocycles. The predicted octanol–water partition coefficient (Wildman–Crippen LogP) is 2.94. The van der Waals surface area contributed by atoms with Crippen LogP contribution in [-0.2, 0) is 6.54 Å². The minimum Gasteiger partial charge on any atom is -0.507 e. The molecule has 0 saturated heterocycles. The highest BCUT2D eigenvalue weighted by Gasteiger charge is 2.05. The number of phenolic OH excluding ortho intramolecular Hbond substituents is 1. The first-order valence-electron chi connectivity index (χ1n) is 5.25. The van der Waals surface area contributed by atoms with Crippen LogP contribution in [0, 0.1) is 11.3 Å². The van der Waals surface area contributed by atoms with Crippen molar-refractivity contribution in [1.29, 1.82) is 5.26 Å². The van der Waals surface area contributed by atoms with Gasteiger partial charge in [-0.25, -0.2) is 0 Å². The first kappa shape index (κ1) is 13.0. The molecule has 0 aromatic heterocycles. The molecule has 1 unspecified atom stereocenters. The zero-order chi connectivity index (χ0) is 12.0. The average Bonchev–Trinajstić information content (AvgIpc) is 2.28. The second-order valence-electron chi connectivity index (χ2n) is 3.63. The Kier molecular flexibility index (Phi) is 5.30. The van der Waals surface area contributed by atoms with Gasteiger partial charge in [-0.05, 0) is 40.0 Å². The van der Waals surface area contributed by atoms with Crippen molar-refractivity contribution in [2.45, 2.75) is 32.4 Å². The van der Waals surface area contributed by atoms with Crippen LogP contribution in [0.25, 0.3) is 0 Å². The standard InChI is InChI=1S/C12H15BrN2O/c1-2-10(5-6-14)15-8-9-3-4-12(16)11(13)7-9/h3-4,7,10,15-16H,2,5,8H2,1H3. The molecule has 3 nitrogen and oxygen atoms in total. The molecule has 0 radical (unpaired) electrons. The van der Waals surface area contributed by atoms with Gasteiger partial charge in [-0.15, -0.1) is 0 Å². The number of nitrogens with zero attached hydrogens (tertiary/aromatic N) is 1. The number of benzene rings is 1. The van der Waals surface area contributed by atoms with Gasteiger partial charge in [0, 0.05) is 12.6 Å². The molecule has 0 aliphatic carbocycles. The normalized spacial score (nSPS) is 12.1. The number of aromatic hydroxyl groups is 1. The van der Waals surface area contributed by atoms with Crippen LogP contribution < -0.4 is 5.32 Å². The largest absolute Gasteiger partial charge is 0.507 e. The van der Waals surface area contributed by atoms with Gasteiger partial charge in [0.15, 0.2) is 0 Å². The van der Waals surface area contributed by atoms with E-state index in [0.717, 1.165) is 12.0 Å². The summed E-state index contributed by atoms with van der Waals surface area (Å²) in [6.07, 6.45) is 1.46. The lowest BCUT2D eigenvalue weighted by Gasteiger charge is -2.13. The Labute approximate surface area is 104 Å². The number of hydrogen-bond acceptors (Lipinski definition) is 3. The highest BCUT2D eigenvalue weighted by molar-refractivity contribution is 9.10. The second-order valence-corrected chi connectivity index (χ2v) is 4.49. The van der Waals surface area contributed by atoms with E-state index in [2.05, 4.69) is 34.2 Å². The quantitative estimate of drug-likeness (QED) is 0.873. The minimum absolute atomic E-state index is 0.234. The van der Waals surface area contributed by atoms with Gasteiger partial charge >= 0.3 is 0 Å². The molecule has 0 aliphatic rings. The second kappa shape index (κ2) is 6.51. The lowest BCUT2D eigenvalue weighted by Crippen LogP contribution is -2.27. The van der Waals surface area contributed by atoms with Crippen LogP contribution in [0.5, 0.6) is 5.75 Å². The molecule has 86 valence electrons. The number of phenols is 1. The Hall–Kier alpha value is -1.05. The van der Waals surface area contributed by atoms with Crippen LogP contribution in [0.1, 0.15) is 25.3 Å². The first-order chi connectivity index (χ1) is 7.67. The van der Waals surface area contributed by atoms with Crippen molar-refractivity contribution in [1.82, 2.24) is 5.32 Å². The number of hydrogen-bond donors (Lipinski definition) is 2. The highest BCUT2D eigenvalue weighted by atomic mass is 79.9. The maximum atomic E-state index is 9.34. The molecule has 1 aromatic carbocycles. The number of rotatable bonds is 5. The molecule has 0 spiro atoms. The molecular weight excluding hydrogens is 268 g/mol. The van der Waals surface area contributed by atoms with Crippen LogP contribution in [0.4, 0.5) is 0 Å². The molecule has 1 rings (SSSR count). The monoisotopic (exact) mass is 282 g/mol. The van der Waals surface area contributed by atoms with Gasteiger partial charge in [0.25, 0.3) is 0 Å². The van der Waals surface area contributed by atoms with Crippen molar-refractivity contribution >= 4 is 15.9 Å². The Balaban J connectivity index is 2.54. The molecule has 0 heterocycles. The van der Waals surface area contributed by atoms with Gasteiger partial charge in [-0.1, -0.05) is 13.0 Å². The fourth-order valence-corrected chi connectivity index (χ4v) is 1.82. The van der Waals surface area contributed by atoms with Gasteiger partial charge in [-0.3, -0.25) is 0 Å². The van der Waals surface area contributed by atoms with Crippen LogP contribution in [0.2, 0.25) is 0 Å². The van der Waals surface area contributed by atoms with Crippen molar-refractivity contribution in [3.05, 3.63) is 28.2 Å². The third-order valence-electron chi connectivity index (χ3n) is 2.44. The Bertz CT molecular complexity index is 387. The summed E-state index contributed by atoms with van der Waals surface area (Å²) < 4.78 is 0.695. The molecule has 0 saturated carbocycles. The van der Waals surface area contributed by atoms with E-state index in [4.69, 9.17) is 5.26 Å². The topological polar surface area (TPSA) is 56.0 Å². The van der Waals surface area contributed by atoms with Gasteiger partial charge < -0.3 is 10.4 Å². The summed E-state index contributed by atoms with van der Waals surface area (Å²) in [7, 11) is 0. The van der Waals surface area contributed by atoms with E-state index in [1.165, 1.54) is 0 Å². The molecular formula is C12H15BrN2O. The van der Waals surface area contributed by atoms with Crippen LogP contribution >= 0.6 is 15.9 Å². The molecule has 0 amide bonds. The predicted molar refractivity (Wildman–Crippen MR) is 67.0 cm³/mol. The maximum Gasteiger partial charge on any atom is 0.129 e. The third kappa shape index (κ3) is 3.84. The molecule has 2 N–H and O–H groups in total. The van der Waals surface area contributed by atoms with Gasteiger partial charge in [-0.2, -0.15) is 5.26 Å². The van der Waals surface area contributed by atoms with Gasteiger partial charge in [0.1, 0.15) is 5.75 Å². The highest BCUT2D eigenvalue weighted by Crippen LogP contribution is 2.24. The summed E-state index contributed by atoms with van der Waals surface area (Å²) in [5.41, 5.74) is 1.08. The maximum absolute atomic E-state index is 9.34. The number of halogens is 1. The summed E-state index contributed by atoms with van der Waals surface area (Å²) in [6.45, 7) is 2.76. The molecule has 16 heavy (non-hydrogen) atoms. The van der Waals surface area contributed by atoms with Crippen molar-refractivity contribution < 1.29 is 5.11 Å². The summed E-state index contributed by atoms with van der Waals surface area (Å²) in [5, 5.41) is 21.3. The van der Waals surface area contributed by atoms with Crippen molar-refractivity contribution in [2.75, 3.05) is 0 Å². The zero-order valence-electron chi connectivity index (χ0n) is 9.20. The van der Waals surface area contributed by atoms with E-state index < -0.39 is 0 Å². The average molecular weight is 283 g/mol.